The predicted octanol–water partition coefficient (Wildman–Crippen LogP) is 3.10. The van der Waals surface area contributed by atoms with Gasteiger partial charge < -0.3 is 10.5 Å². The van der Waals surface area contributed by atoms with Gasteiger partial charge in [-0.1, -0.05) is 26.7 Å². The molecular weight excluding hydrogens is 198 g/mol. The Balaban J connectivity index is 1.89. The van der Waals surface area contributed by atoms with Crippen molar-refractivity contribution in [2.45, 2.75) is 70.4 Å². The molecule has 0 aromatic carbocycles. The van der Waals surface area contributed by atoms with Gasteiger partial charge in [0, 0.05) is 12.1 Å². The highest BCUT2D eigenvalue weighted by atomic mass is 16.5. The van der Waals surface area contributed by atoms with Crippen molar-refractivity contribution in [3.63, 3.8) is 0 Å². The average Bonchev–Trinajstić information content (AvgIpc) is 2.69. The first-order valence-corrected chi connectivity index (χ1v) is 6.99. The maximum atomic E-state index is 6.59. The molecular formula is C14H27NO. The van der Waals surface area contributed by atoms with E-state index in [2.05, 4.69) is 13.8 Å². The Morgan fingerprint density at radius 2 is 2.12 bits per heavy atom. The monoisotopic (exact) mass is 225 g/mol. The molecule has 16 heavy (non-hydrogen) atoms. The van der Waals surface area contributed by atoms with E-state index >= 15 is 0 Å². The van der Waals surface area contributed by atoms with Crippen LogP contribution in [0.15, 0.2) is 0 Å². The molecule has 1 aliphatic heterocycles. The van der Waals surface area contributed by atoms with Crippen molar-refractivity contribution in [2.24, 2.45) is 17.6 Å². The van der Waals surface area contributed by atoms with Gasteiger partial charge in [-0.2, -0.15) is 0 Å². The zero-order valence-electron chi connectivity index (χ0n) is 10.9. The molecule has 94 valence electrons. The Morgan fingerprint density at radius 1 is 1.31 bits per heavy atom. The van der Waals surface area contributed by atoms with E-state index in [9.17, 15) is 0 Å². The fraction of sp³-hybridized carbons (Fsp3) is 1.00. The zero-order chi connectivity index (χ0) is 11.6. The molecule has 0 aromatic rings. The summed E-state index contributed by atoms with van der Waals surface area (Å²) in [7, 11) is 0. The van der Waals surface area contributed by atoms with Crippen LogP contribution in [0.4, 0.5) is 0 Å². The lowest BCUT2D eigenvalue weighted by Gasteiger charge is -2.41. The van der Waals surface area contributed by atoms with Crippen LogP contribution in [0.5, 0.6) is 0 Å². The molecule has 2 aliphatic rings. The van der Waals surface area contributed by atoms with Crippen LogP contribution in [0, 0.1) is 11.8 Å². The summed E-state index contributed by atoms with van der Waals surface area (Å²) >= 11 is 0. The molecule has 1 aliphatic carbocycles. The fourth-order valence-corrected chi connectivity index (χ4v) is 3.46. The van der Waals surface area contributed by atoms with Gasteiger partial charge in [-0.25, -0.2) is 0 Å². The van der Waals surface area contributed by atoms with E-state index in [1.54, 1.807) is 0 Å². The van der Waals surface area contributed by atoms with E-state index in [4.69, 9.17) is 10.5 Å². The third-order valence-electron chi connectivity index (χ3n) is 4.52. The molecule has 2 rings (SSSR count). The van der Waals surface area contributed by atoms with Gasteiger partial charge in [0.2, 0.25) is 0 Å². The molecule has 1 saturated heterocycles. The van der Waals surface area contributed by atoms with E-state index in [1.807, 2.05) is 0 Å². The quantitative estimate of drug-likeness (QED) is 0.801. The summed E-state index contributed by atoms with van der Waals surface area (Å²) in [5.74, 6) is 1.62. The standard InChI is InChI=1S/C14H27NO/c1-11(2)12-5-3-7-14(15,9-12)10-13-6-4-8-16-13/h11-13H,3-10,15H2,1-2H3. The number of nitrogens with two attached hydrogens (primary N) is 1. The molecule has 1 saturated carbocycles. The lowest BCUT2D eigenvalue weighted by molar-refractivity contribution is 0.0622. The molecule has 0 spiro atoms. The minimum atomic E-state index is 0.0716. The summed E-state index contributed by atoms with van der Waals surface area (Å²) in [4.78, 5) is 0. The van der Waals surface area contributed by atoms with Crippen molar-refractivity contribution in [3.8, 4) is 0 Å². The Morgan fingerprint density at radius 3 is 2.75 bits per heavy atom. The Kier molecular flexibility index (Phi) is 3.91. The van der Waals surface area contributed by atoms with Crippen molar-refractivity contribution in [1.82, 2.24) is 0 Å². The number of ether oxygens (including phenoxy) is 1. The predicted molar refractivity (Wildman–Crippen MR) is 67.3 cm³/mol. The van der Waals surface area contributed by atoms with Gasteiger partial charge in [0.05, 0.1) is 6.10 Å². The molecule has 2 nitrogen and oxygen atoms in total. The SMILES string of the molecule is CC(C)C1CCCC(N)(CC2CCCO2)C1. The molecule has 2 N–H and O–H groups in total. The maximum Gasteiger partial charge on any atom is 0.0593 e. The second-order valence-electron chi connectivity index (χ2n) is 6.30. The number of hydrogen-bond acceptors (Lipinski definition) is 2. The first-order valence-electron chi connectivity index (χ1n) is 6.99. The molecule has 1 heterocycles. The first-order chi connectivity index (χ1) is 7.59. The molecule has 2 fully saturated rings. The normalized spacial score (nSPS) is 40.5. The first kappa shape index (κ1) is 12.4. The second-order valence-corrected chi connectivity index (χ2v) is 6.30. The van der Waals surface area contributed by atoms with Gasteiger partial charge in [-0.3, -0.25) is 0 Å². The van der Waals surface area contributed by atoms with E-state index < -0.39 is 0 Å². The lowest BCUT2D eigenvalue weighted by Crippen LogP contribution is -2.47. The minimum Gasteiger partial charge on any atom is -0.378 e. The van der Waals surface area contributed by atoms with Crippen LogP contribution in [0.25, 0.3) is 0 Å². The van der Waals surface area contributed by atoms with Gasteiger partial charge in [-0.15, -0.1) is 0 Å². The Bertz CT molecular complexity index is 219. The molecule has 3 atom stereocenters. The Hall–Kier alpha value is -0.0800. The van der Waals surface area contributed by atoms with Crippen LogP contribution in [0.2, 0.25) is 0 Å². The van der Waals surface area contributed by atoms with Crippen molar-refractivity contribution in [2.75, 3.05) is 6.61 Å². The molecule has 0 amide bonds. The van der Waals surface area contributed by atoms with Gasteiger partial charge in [0.15, 0.2) is 0 Å². The number of rotatable bonds is 3. The average molecular weight is 225 g/mol. The van der Waals surface area contributed by atoms with Gasteiger partial charge >= 0.3 is 0 Å². The van der Waals surface area contributed by atoms with Crippen molar-refractivity contribution in [1.29, 1.82) is 0 Å². The summed E-state index contributed by atoms with van der Waals surface area (Å²) in [6.45, 7) is 5.62. The van der Waals surface area contributed by atoms with Gasteiger partial charge in [0.1, 0.15) is 0 Å². The van der Waals surface area contributed by atoms with Crippen LogP contribution in [-0.2, 0) is 4.74 Å². The van der Waals surface area contributed by atoms with Gasteiger partial charge in [-0.05, 0) is 43.9 Å². The number of hydrogen-bond donors (Lipinski definition) is 1. The fourth-order valence-electron chi connectivity index (χ4n) is 3.46. The van der Waals surface area contributed by atoms with Crippen molar-refractivity contribution >= 4 is 0 Å². The Labute approximate surface area is 99.9 Å². The van der Waals surface area contributed by atoms with E-state index in [-0.39, 0.29) is 5.54 Å². The molecule has 3 unspecified atom stereocenters. The van der Waals surface area contributed by atoms with Crippen molar-refractivity contribution < 1.29 is 4.74 Å². The third-order valence-corrected chi connectivity index (χ3v) is 4.52. The summed E-state index contributed by atoms with van der Waals surface area (Å²) < 4.78 is 5.74. The van der Waals surface area contributed by atoms with Crippen LogP contribution in [0.1, 0.15) is 58.8 Å². The third kappa shape index (κ3) is 2.98. The highest BCUT2D eigenvalue weighted by Crippen LogP contribution is 2.38. The lowest BCUT2D eigenvalue weighted by atomic mass is 9.70. The molecule has 0 aromatic heterocycles. The van der Waals surface area contributed by atoms with E-state index in [0.29, 0.717) is 6.10 Å². The highest BCUT2D eigenvalue weighted by molar-refractivity contribution is 4.94. The van der Waals surface area contributed by atoms with Crippen LogP contribution in [0.3, 0.4) is 0 Å². The van der Waals surface area contributed by atoms with E-state index in [0.717, 1.165) is 24.9 Å². The van der Waals surface area contributed by atoms with Crippen LogP contribution < -0.4 is 5.73 Å². The smallest absolute Gasteiger partial charge is 0.0593 e. The van der Waals surface area contributed by atoms with Crippen molar-refractivity contribution in [3.05, 3.63) is 0 Å². The summed E-state index contributed by atoms with van der Waals surface area (Å²) in [6, 6.07) is 0. The van der Waals surface area contributed by atoms with Gasteiger partial charge in [0.25, 0.3) is 0 Å². The summed E-state index contributed by atoms with van der Waals surface area (Å²) in [5, 5.41) is 0. The maximum absolute atomic E-state index is 6.59. The zero-order valence-corrected chi connectivity index (χ0v) is 10.9. The van der Waals surface area contributed by atoms with Crippen LogP contribution >= 0.6 is 0 Å². The largest absolute Gasteiger partial charge is 0.378 e. The summed E-state index contributed by atoms with van der Waals surface area (Å²) in [5.41, 5.74) is 6.66. The topological polar surface area (TPSA) is 35.2 Å². The molecule has 2 heteroatoms. The summed E-state index contributed by atoms with van der Waals surface area (Å²) in [6.07, 6.45) is 9.11. The highest BCUT2D eigenvalue weighted by Gasteiger charge is 2.36. The van der Waals surface area contributed by atoms with E-state index in [1.165, 1.54) is 38.5 Å². The molecule has 0 bridgehead atoms. The second kappa shape index (κ2) is 5.05. The minimum absolute atomic E-state index is 0.0716. The molecule has 0 radical (unpaired) electrons. The van der Waals surface area contributed by atoms with Crippen LogP contribution in [-0.4, -0.2) is 18.2 Å².